The smallest absolute Gasteiger partial charge is 0.244 e. The summed E-state index contributed by atoms with van der Waals surface area (Å²) < 4.78 is 27.1. The second-order valence-corrected chi connectivity index (χ2v) is 6.38. The van der Waals surface area contributed by atoms with Gasteiger partial charge in [-0.2, -0.15) is 11.8 Å². The number of nitrogens with zero attached hydrogens (tertiary/aromatic N) is 1. The van der Waals surface area contributed by atoms with Crippen molar-refractivity contribution in [3.8, 4) is 0 Å². The zero-order chi connectivity index (χ0) is 15.6. The van der Waals surface area contributed by atoms with E-state index in [4.69, 9.17) is 0 Å². The van der Waals surface area contributed by atoms with Crippen LogP contribution in [0.3, 0.4) is 0 Å². The number of hydrogen-bond donors (Lipinski definition) is 1. The van der Waals surface area contributed by atoms with Crippen LogP contribution in [0.2, 0.25) is 0 Å². The molecule has 1 aromatic rings. The molecule has 0 radical (unpaired) electrons. The Balaban J connectivity index is 2.36. The number of rotatable bonds is 5. The van der Waals surface area contributed by atoms with E-state index in [0.717, 1.165) is 11.8 Å². The molecule has 1 aliphatic rings. The van der Waals surface area contributed by atoms with Gasteiger partial charge in [0.15, 0.2) is 0 Å². The number of hydrogen-bond acceptors (Lipinski definition) is 3. The summed E-state index contributed by atoms with van der Waals surface area (Å²) in [5.74, 6) is -0.510. The highest BCUT2D eigenvalue weighted by molar-refractivity contribution is 7.98. The lowest BCUT2D eigenvalue weighted by Gasteiger charge is -2.24. The third kappa shape index (κ3) is 3.06. The third-order valence-corrected chi connectivity index (χ3v) is 4.59. The molecule has 2 atom stereocenters. The first kappa shape index (κ1) is 16.2. The molecule has 116 valence electrons. The SMILES string of the molecule is CCC1(C)NC(c2ccc(F)cc2F)N(CCSC)C1=O. The molecule has 1 N–H and O–H groups in total. The number of thioether (sulfide) groups is 1. The zero-order valence-corrected chi connectivity index (χ0v) is 13.3. The normalized spacial score (nSPS) is 25.7. The fraction of sp³-hybridized carbons (Fsp3) is 0.533. The van der Waals surface area contributed by atoms with E-state index >= 15 is 0 Å². The number of amides is 1. The molecule has 1 fully saturated rings. The van der Waals surface area contributed by atoms with Crippen LogP contribution in [0.25, 0.3) is 0 Å². The predicted octanol–water partition coefficient (Wildman–Crippen LogP) is 2.93. The van der Waals surface area contributed by atoms with E-state index in [0.29, 0.717) is 18.5 Å². The van der Waals surface area contributed by atoms with Gasteiger partial charge in [0, 0.05) is 23.9 Å². The molecule has 1 aromatic carbocycles. The van der Waals surface area contributed by atoms with E-state index in [1.165, 1.54) is 12.1 Å². The maximum Gasteiger partial charge on any atom is 0.244 e. The Kier molecular flexibility index (Phi) is 4.88. The second kappa shape index (κ2) is 6.32. The summed E-state index contributed by atoms with van der Waals surface area (Å²) in [5, 5.41) is 3.21. The van der Waals surface area contributed by atoms with E-state index < -0.39 is 23.3 Å². The fourth-order valence-electron chi connectivity index (χ4n) is 2.52. The van der Waals surface area contributed by atoms with Crippen LogP contribution in [-0.4, -0.2) is 34.9 Å². The maximum absolute atomic E-state index is 14.1. The molecular weight excluding hydrogens is 294 g/mol. The first-order chi connectivity index (χ1) is 9.92. The molecule has 0 bridgehead atoms. The molecular formula is C15H20F2N2OS. The van der Waals surface area contributed by atoms with E-state index in [-0.39, 0.29) is 5.91 Å². The molecule has 1 heterocycles. The van der Waals surface area contributed by atoms with Gasteiger partial charge in [-0.3, -0.25) is 10.1 Å². The largest absolute Gasteiger partial charge is 0.320 e. The number of benzene rings is 1. The van der Waals surface area contributed by atoms with Crippen LogP contribution in [0.5, 0.6) is 0 Å². The number of halogens is 2. The van der Waals surface area contributed by atoms with Gasteiger partial charge in [-0.05, 0) is 31.7 Å². The standard InChI is InChI=1S/C15H20F2N2OS/c1-4-15(2)14(20)19(7-8-21-3)13(18-15)11-6-5-10(16)9-12(11)17/h5-6,9,13,18H,4,7-8H2,1-3H3. The van der Waals surface area contributed by atoms with Crippen LogP contribution in [-0.2, 0) is 4.79 Å². The minimum Gasteiger partial charge on any atom is -0.320 e. The molecule has 6 heteroatoms. The molecule has 1 amide bonds. The second-order valence-electron chi connectivity index (χ2n) is 5.39. The molecule has 0 saturated carbocycles. The van der Waals surface area contributed by atoms with Gasteiger partial charge in [-0.15, -0.1) is 0 Å². The lowest BCUT2D eigenvalue weighted by atomic mass is 9.99. The number of carbonyl (C=O) groups excluding carboxylic acids is 1. The lowest BCUT2D eigenvalue weighted by molar-refractivity contribution is -0.132. The van der Waals surface area contributed by atoms with Crippen molar-refractivity contribution in [1.82, 2.24) is 10.2 Å². The zero-order valence-electron chi connectivity index (χ0n) is 12.5. The van der Waals surface area contributed by atoms with Crippen LogP contribution in [0.4, 0.5) is 8.78 Å². The summed E-state index contributed by atoms with van der Waals surface area (Å²) in [4.78, 5) is 14.2. The van der Waals surface area contributed by atoms with Gasteiger partial charge in [0.25, 0.3) is 0 Å². The van der Waals surface area contributed by atoms with Crippen molar-refractivity contribution in [2.45, 2.75) is 32.0 Å². The number of nitrogens with one attached hydrogen (secondary N) is 1. The van der Waals surface area contributed by atoms with Crippen molar-refractivity contribution in [1.29, 1.82) is 0 Å². The van der Waals surface area contributed by atoms with Gasteiger partial charge in [0.2, 0.25) is 5.91 Å². The van der Waals surface area contributed by atoms with Crippen molar-refractivity contribution in [3.05, 3.63) is 35.4 Å². The van der Waals surface area contributed by atoms with Gasteiger partial charge in [0.05, 0.1) is 5.54 Å². The summed E-state index contributed by atoms with van der Waals surface area (Å²) in [6, 6.07) is 3.48. The van der Waals surface area contributed by atoms with Crippen LogP contribution in [0, 0.1) is 11.6 Å². The average molecular weight is 314 g/mol. The highest BCUT2D eigenvalue weighted by atomic mass is 32.2. The topological polar surface area (TPSA) is 32.3 Å². The van der Waals surface area contributed by atoms with Crippen molar-refractivity contribution in [2.24, 2.45) is 0 Å². The summed E-state index contributed by atoms with van der Waals surface area (Å²) in [7, 11) is 0. The average Bonchev–Trinajstić information content (AvgIpc) is 2.70. The summed E-state index contributed by atoms with van der Waals surface area (Å²) >= 11 is 1.63. The van der Waals surface area contributed by atoms with Gasteiger partial charge < -0.3 is 4.90 Å². The van der Waals surface area contributed by atoms with Crippen LogP contribution >= 0.6 is 11.8 Å². The summed E-state index contributed by atoms with van der Waals surface area (Å²) in [5.41, 5.74) is -0.396. The van der Waals surface area contributed by atoms with Gasteiger partial charge in [0.1, 0.15) is 17.8 Å². The molecule has 2 unspecified atom stereocenters. The van der Waals surface area contributed by atoms with Gasteiger partial charge in [-0.1, -0.05) is 6.92 Å². The maximum atomic E-state index is 14.1. The molecule has 1 aliphatic heterocycles. The molecule has 2 rings (SSSR count). The minimum atomic E-state index is -0.704. The quantitative estimate of drug-likeness (QED) is 0.907. The lowest BCUT2D eigenvalue weighted by Crippen LogP contribution is -2.43. The van der Waals surface area contributed by atoms with Crippen LogP contribution < -0.4 is 5.32 Å². The minimum absolute atomic E-state index is 0.0345. The van der Waals surface area contributed by atoms with Crippen molar-refractivity contribution in [2.75, 3.05) is 18.6 Å². The summed E-state index contributed by atoms with van der Waals surface area (Å²) in [6.45, 7) is 4.27. The van der Waals surface area contributed by atoms with E-state index in [1.807, 2.05) is 20.1 Å². The first-order valence-corrected chi connectivity index (χ1v) is 8.35. The molecule has 1 saturated heterocycles. The van der Waals surface area contributed by atoms with Crippen molar-refractivity contribution >= 4 is 17.7 Å². The molecule has 0 aliphatic carbocycles. The van der Waals surface area contributed by atoms with E-state index in [1.54, 1.807) is 16.7 Å². The highest BCUT2D eigenvalue weighted by Gasteiger charge is 2.47. The monoisotopic (exact) mass is 314 g/mol. The van der Waals surface area contributed by atoms with Crippen LogP contribution in [0.1, 0.15) is 32.0 Å². The molecule has 0 spiro atoms. The Labute approximate surface area is 128 Å². The predicted molar refractivity (Wildman–Crippen MR) is 81.0 cm³/mol. The van der Waals surface area contributed by atoms with Crippen molar-refractivity contribution < 1.29 is 13.6 Å². The van der Waals surface area contributed by atoms with Gasteiger partial charge in [-0.25, -0.2) is 8.78 Å². The van der Waals surface area contributed by atoms with Crippen LogP contribution in [0.15, 0.2) is 18.2 Å². The molecule has 3 nitrogen and oxygen atoms in total. The Bertz CT molecular complexity index is 540. The Morgan fingerprint density at radius 2 is 2.14 bits per heavy atom. The Hall–Kier alpha value is -1.14. The van der Waals surface area contributed by atoms with Gasteiger partial charge >= 0.3 is 0 Å². The fourth-order valence-corrected chi connectivity index (χ4v) is 2.90. The summed E-state index contributed by atoms with van der Waals surface area (Å²) in [6.07, 6.45) is 2.02. The van der Waals surface area contributed by atoms with E-state index in [2.05, 4.69) is 5.32 Å². The first-order valence-electron chi connectivity index (χ1n) is 6.95. The third-order valence-electron chi connectivity index (χ3n) is 4.00. The molecule has 21 heavy (non-hydrogen) atoms. The number of carbonyl (C=O) groups is 1. The van der Waals surface area contributed by atoms with Crippen molar-refractivity contribution in [3.63, 3.8) is 0 Å². The Morgan fingerprint density at radius 3 is 2.71 bits per heavy atom. The highest BCUT2D eigenvalue weighted by Crippen LogP contribution is 2.33. The Morgan fingerprint density at radius 1 is 1.43 bits per heavy atom. The molecule has 0 aromatic heterocycles. The van der Waals surface area contributed by atoms with E-state index in [9.17, 15) is 13.6 Å².